The summed E-state index contributed by atoms with van der Waals surface area (Å²) in [4.78, 5) is 68.9. The third-order valence-corrected chi connectivity index (χ3v) is 14.0. The fraction of sp³-hybridized carbons (Fsp3) is 0.464. The zero-order chi connectivity index (χ0) is 54.5. The molecule has 75 heavy (non-hydrogen) atoms. The Bertz CT molecular complexity index is 2700. The minimum atomic E-state index is -0.588. The van der Waals surface area contributed by atoms with Gasteiger partial charge in [0.1, 0.15) is 47.9 Å². The number of primary amides is 1. The molecule has 2 fully saturated rings. The number of benzene rings is 2. The highest BCUT2D eigenvalue weighted by molar-refractivity contribution is 6.01. The topological polar surface area (TPSA) is 203 Å². The van der Waals surface area contributed by atoms with E-state index in [2.05, 4.69) is 62.7 Å². The lowest BCUT2D eigenvalue weighted by molar-refractivity contribution is -0.125. The first kappa shape index (κ1) is 58.7. The maximum absolute atomic E-state index is 15.0. The lowest BCUT2D eigenvalue weighted by Gasteiger charge is -2.45. The number of nitrogens with zero attached hydrogens (tertiary/aromatic N) is 9. The van der Waals surface area contributed by atoms with E-state index in [0.29, 0.717) is 80.0 Å². The molecule has 402 valence electrons. The van der Waals surface area contributed by atoms with E-state index < -0.39 is 17.3 Å². The fourth-order valence-electron chi connectivity index (χ4n) is 9.60. The molecule has 1 unspecified atom stereocenters. The van der Waals surface area contributed by atoms with Crippen molar-refractivity contribution in [3.63, 3.8) is 0 Å². The third-order valence-electron chi connectivity index (χ3n) is 14.0. The van der Waals surface area contributed by atoms with Gasteiger partial charge in [0.05, 0.1) is 30.1 Å². The van der Waals surface area contributed by atoms with Crippen molar-refractivity contribution in [3.05, 3.63) is 113 Å². The molecule has 17 nitrogen and oxygen atoms in total. The molecule has 6 heterocycles. The van der Waals surface area contributed by atoms with Crippen LogP contribution in [0, 0.1) is 23.0 Å². The molecule has 3 aromatic heterocycles. The molecule has 3 amide bonds. The average Bonchev–Trinajstić information content (AvgIpc) is 3.99. The number of aromatic nitrogens is 3. The van der Waals surface area contributed by atoms with Gasteiger partial charge in [-0.2, -0.15) is 10.4 Å². The Morgan fingerprint density at radius 1 is 0.960 bits per heavy atom. The van der Waals surface area contributed by atoms with Crippen molar-refractivity contribution in [2.75, 3.05) is 85.0 Å². The Hall–Kier alpha value is -7.14. The first-order valence-electron chi connectivity index (χ1n) is 25.6. The highest BCUT2D eigenvalue weighted by atomic mass is 19.1. The van der Waals surface area contributed by atoms with E-state index in [9.17, 15) is 28.8 Å². The van der Waals surface area contributed by atoms with Gasteiger partial charge in [-0.3, -0.25) is 14.4 Å². The highest BCUT2D eigenvalue weighted by Gasteiger charge is 2.40. The van der Waals surface area contributed by atoms with Crippen LogP contribution in [0.3, 0.4) is 0 Å². The van der Waals surface area contributed by atoms with Gasteiger partial charge in [-0.05, 0) is 127 Å². The number of piperidine rings is 1. The van der Waals surface area contributed by atoms with Gasteiger partial charge in [0.25, 0.3) is 5.91 Å². The molecular formula is C56H73F2N11O6. The largest absolute Gasteiger partial charge is 0.492 e. The number of nitrogens with two attached hydrogens (primary N) is 1. The number of unbranched alkanes of at least 4 members (excludes halogenated alkanes) is 2. The standard InChI is InChI=1S/C31H34F2N6O.C14H16N2O3.C10H20N2O.CH3NO/c1-5-40-25-15-26(30-23(16-34)18-36-39(30)19-25)22-6-9-29(35-17-22)38-12-10-31(11-13-38,20-37(4)21(2)3)27-14-24(32)7-8-28(27)33;1-15-13(18)12(7-4-8-17)16-9-10-5-2-3-6-11(10)14(16)19;1-11-6-8-12(9-7-11)5-3-2-4-10-13;2-1-3/h6-9,14-15,17-19,21H,5,10-13,20H2,1-4H3;2-3,5-6,8,12H,4,7,9H2,1H3,(H,15,18);10H,2-9H2,1H3;1H,(H2,2,3). The van der Waals surface area contributed by atoms with Crippen molar-refractivity contribution in [2.24, 2.45) is 5.73 Å². The van der Waals surface area contributed by atoms with Gasteiger partial charge in [-0.25, -0.2) is 18.3 Å². The van der Waals surface area contributed by atoms with Gasteiger partial charge < -0.3 is 49.9 Å². The van der Waals surface area contributed by atoms with Crippen LogP contribution >= 0.6 is 0 Å². The lowest BCUT2D eigenvalue weighted by atomic mass is 9.72. The number of ether oxygens (including phenoxy) is 1. The second kappa shape index (κ2) is 29.1. The van der Waals surface area contributed by atoms with Crippen LogP contribution in [0.2, 0.25) is 0 Å². The summed E-state index contributed by atoms with van der Waals surface area (Å²) in [7, 11) is 5.74. The second-order valence-electron chi connectivity index (χ2n) is 19.2. The van der Waals surface area contributed by atoms with E-state index in [1.165, 1.54) is 69.3 Å². The number of aldehydes is 2. The van der Waals surface area contributed by atoms with Crippen LogP contribution in [-0.4, -0.2) is 157 Å². The molecule has 2 aromatic carbocycles. The Labute approximate surface area is 439 Å². The monoisotopic (exact) mass is 1030 g/mol. The van der Waals surface area contributed by atoms with E-state index in [4.69, 9.17) is 14.5 Å². The normalized spacial score (nSPS) is 15.6. The number of hydrogen-bond acceptors (Lipinski definition) is 13. The number of rotatable bonds is 18. The van der Waals surface area contributed by atoms with E-state index in [1.54, 1.807) is 35.2 Å². The Morgan fingerprint density at radius 2 is 1.67 bits per heavy atom. The van der Waals surface area contributed by atoms with Crippen LogP contribution in [0.4, 0.5) is 14.6 Å². The molecule has 0 bridgehead atoms. The number of hydrogen-bond donors (Lipinski definition) is 2. The van der Waals surface area contributed by atoms with Crippen molar-refractivity contribution in [1.82, 2.24) is 39.5 Å². The van der Waals surface area contributed by atoms with Crippen LogP contribution < -0.4 is 20.7 Å². The van der Waals surface area contributed by atoms with Gasteiger partial charge in [0.2, 0.25) is 12.3 Å². The SMILES string of the molecule is CCOc1cc(-c2ccc(N3CCC(CN(C)C(C)C)(c4cc(F)ccc4F)CC3)nc2)c2c(C#N)cnn2c1.CN1CCN(CCCCC=O)CC1.CNC(=O)C(CCC=O)N1Cc2ccccc2C1=O.NC=O. The molecule has 3 aliphatic heterocycles. The second-order valence-corrected chi connectivity index (χ2v) is 19.2. The third kappa shape index (κ3) is 15.7. The Morgan fingerprint density at radius 3 is 2.28 bits per heavy atom. The number of halogens is 2. The molecule has 0 aliphatic carbocycles. The first-order valence-corrected chi connectivity index (χ1v) is 25.6. The molecule has 0 radical (unpaired) electrons. The molecular weight excluding hydrogens is 961 g/mol. The average molecular weight is 1030 g/mol. The van der Waals surface area contributed by atoms with Gasteiger partial charge in [-0.15, -0.1) is 0 Å². The zero-order valence-electron chi connectivity index (χ0n) is 44.2. The van der Waals surface area contributed by atoms with Crippen LogP contribution in [-0.2, 0) is 31.1 Å². The van der Waals surface area contributed by atoms with Gasteiger partial charge in [0, 0.05) is 107 Å². The summed E-state index contributed by atoms with van der Waals surface area (Å²) in [6, 6.07) is 18.9. The summed E-state index contributed by atoms with van der Waals surface area (Å²) in [6.45, 7) is 15.0. The van der Waals surface area contributed by atoms with Gasteiger partial charge in [-0.1, -0.05) is 18.2 Å². The van der Waals surface area contributed by atoms with Crippen LogP contribution in [0.5, 0.6) is 5.75 Å². The molecule has 8 rings (SSSR count). The zero-order valence-corrected chi connectivity index (χ0v) is 44.2. The van der Waals surface area contributed by atoms with Crippen molar-refractivity contribution >= 4 is 42.1 Å². The van der Waals surface area contributed by atoms with Crippen molar-refractivity contribution in [1.29, 1.82) is 5.26 Å². The Balaban J connectivity index is 0.000000244. The minimum Gasteiger partial charge on any atom is -0.492 e. The fourth-order valence-corrected chi connectivity index (χ4v) is 9.60. The number of nitrogens with one attached hydrogen (secondary N) is 1. The van der Waals surface area contributed by atoms with Gasteiger partial charge in [0.15, 0.2) is 0 Å². The summed E-state index contributed by atoms with van der Waals surface area (Å²) in [6.07, 6.45) is 12.1. The predicted molar refractivity (Wildman–Crippen MR) is 285 cm³/mol. The van der Waals surface area contributed by atoms with Crippen LogP contribution in [0.25, 0.3) is 16.6 Å². The van der Waals surface area contributed by atoms with E-state index in [-0.39, 0.29) is 36.5 Å². The summed E-state index contributed by atoms with van der Waals surface area (Å²) >= 11 is 0. The molecule has 0 saturated carbocycles. The predicted octanol–water partition coefficient (Wildman–Crippen LogP) is 6.26. The van der Waals surface area contributed by atoms with E-state index >= 15 is 4.39 Å². The number of piperazine rings is 1. The molecule has 19 heteroatoms. The quantitative estimate of drug-likeness (QED) is 0.0736. The molecule has 0 spiro atoms. The summed E-state index contributed by atoms with van der Waals surface area (Å²) in [5.41, 5.74) is 8.53. The number of fused-ring (bicyclic) bond motifs is 2. The summed E-state index contributed by atoms with van der Waals surface area (Å²) < 4.78 is 36.7. The minimum absolute atomic E-state index is 0.143. The molecule has 2 saturated heterocycles. The molecule has 5 aromatic rings. The molecule has 1 atom stereocenters. The molecule has 3 aliphatic rings. The van der Waals surface area contributed by atoms with Crippen molar-refractivity contribution in [3.8, 4) is 22.9 Å². The van der Waals surface area contributed by atoms with E-state index in [0.717, 1.165) is 47.9 Å². The maximum Gasteiger partial charge on any atom is 0.255 e. The van der Waals surface area contributed by atoms with E-state index in [1.807, 2.05) is 44.3 Å². The van der Waals surface area contributed by atoms with Crippen LogP contribution in [0.1, 0.15) is 92.8 Å². The highest BCUT2D eigenvalue weighted by Crippen LogP contribution is 2.40. The number of amides is 3. The number of likely N-dealkylation sites (N-methyl/N-ethyl adjacent to an activating group) is 3. The van der Waals surface area contributed by atoms with Crippen LogP contribution in [0.15, 0.2) is 79.3 Å². The summed E-state index contributed by atoms with van der Waals surface area (Å²) in [5, 5.41) is 16.5. The lowest BCUT2D eigenvalue weighted by Crippen LogP contribution is -2.50. The Kier molecular flexibility index (Phi) is 22.8. The number of carbonyl (C=O) groups is 5. The van der Waals surface area contributed by atoms with Crippen molar-refractivity contribution < 1.29 is 37.5 Å². The number of anilines is 1. The van der Waals surface area contributed by atoms with Crippen molar-refractivity contribution in [2.45, 2.75) is 89.8 Å². The molecule has 3 N–H and O–H groups in total. The summed E-state index contributed by atoms with van der Waals surface area (Å²) in [5.74, 6) is 0.331. The maximum atomic E-state index is 15.0. The smallest absolute Gasteiger partial charge is 0.255 e. The number of nitriles is 1. The van der Waals surface area contributed by atoms with Gasteiger partial charge >= 0.3 is 0 Å². The number of carbonyl (C=O) groups excluding carboxylic acids is 5. The number of pyridine rings is 2. The first-order chi connectivity index (χ1) is 36.2.